The van der Waals surface area contributed by atoms with Crippen LogP contribution in [0.2, 0.25) is 0 Å². The maximum absolute atomic E-state index is 3.80. The molecule has 4 rings (SSSR count). The molecule has 0 amide bonds. The zero-order chi connectivity index (χ0) is 11.7. The summed E-state index contributed by atoms with van der Waals surface area (Å²) < 4.78 is 0. The average molecular weight is 226 g/mol. The van der Waals surface area contributed by atoms with Gasteiger partial charge in [0.2, 0.25) is 0 Å². The van der Waals surface area contributed by atoms with E-state index in [0.29, 0.717) is 5.41 Å². The molecule has 0 heteroatoms. The highest BCUT2D eigenvalue weighted by Crippen LogP contribution is 2.51. The van der Waals surface area contributed by atoms with Gasteiger partial charge in [0.15, 0.2) is 0 Å². The Morgan fingerprint density at radius 2 is 1.65 bits per heavy atom. The van der Waals surface area contributed by atoms with E-state index in [1.165, 1.54) is 44.1 Å². The van der Waals surface area contributed by atoms with Crippen molar-refractivity contribution in [1.29, 1.82) is 0 Å². The first kappa shape index (κ1) is 11.1. The van der Waals surface area contributed by atoms with Crippen molar-refractivity contribution in [3.8, 4) is 0 Å². The first-order valence-electron chi connectivity index (χ1n) is 7.03. The Kier molecular flexibility index (Phi) is 2.82. The first-order chi connectivity index (χ1) is 8.32. The second-order valence-corrected chi connectivity index (χ2v) is 5.95. The summed E-state index contributed by atoms with van der Waals surface area (Å²) in [5.41, 5.74) is 3.54. The molecule has 0 spiro atoms. The minimum absolute atomic E-state index is 0.543. The van der Waals surface area contributed by atoms with Crippen LogP contribution in [-0.4, -0.2) is 0 Å². The molecule has 1 aromatic carbocycles. The molecule has 17 heavy (non-hydrogen) atoms. The van der Waals surface area contributed by atoms with Crippen LogP contribution in [0.1, 0.15) is 49.7 Å². The standard InChI is InChI=1S/C17H22/c1-2-3-14-4-6-16(7-5-14)17-11-8-15(9-12-17)10-13-17/h2,4-7,15H,1,3,8-13H2. The Hall–Kier alpha value is -1.04. The lowest BCUT2D eigenvalue weighted by atomic mass is 9.58. The second kappa shape index (κ2) is 4.33. The predicted octanol–water partition coefficient (Wildman–Crippen LogP) is 4.64. The third kappa shape index (κ3) is 1.94. The third-order valence-electron chi connectivity index (χ3n) is 5.04. The molecule has 3 saturated carbocycles. The van der Waals surface area contributed by atoms with Crippen LogP contribution in [0.5, 0.6) is 0 Å². The molecule has 2 bridgehead atoms. The quantitative estimate of drug-likeness (QED) is 0.659. The largest absolute Gasteiger partial charge is 0.103 e. The molecule has 1 aromatic rings. The minimum Gasteiger partial charge on any atom is -0.103 e. The van der Waals surface area contributed by atoms with E-state index in [4.69, 9.17) is 0 Å². The molecule has 3 fully saturated rings. The van der Waals surface area contributed by atoms with Crippen molar-refractivity contribution in [2.24, 2.45) is 5.92 Å². The highest BCUT2D eigenvalue weighted by Gasteiger charge is 2.41. The molecule has 90 valence electrons. The van der Waals surface area contributed by atoms with E-state index in [2.05, 4.69) is 30.8 Å². The van der Waals surface area contributed by atoms with E-state index in [0.717, 1.165) is 12.3 Å². The van der Waals surface area contributed by atoms with Crippen LogP contribution in [0.15, 0.2) is 36.9 Å². The maximum Gasteiger partial charge on any atom is -0.00467 e. The topological polar surface area (TPSA) is 0 Å². The van der Waals surface area contributed by atoms with Crippen molar-refractivity contribution >= 4 is 0 Å². The summed E-state index contributed by atoms with van der Waals surface area (Å²) >= 11 is 0. The van der Waals surface area contributed by atoms with E-state index in [-0.39, 0.29) is 0 Å². The van der Waals surface area contributed by atoms with Crippen LogP contribution in [0.3, 0.4) is 0 Å². The summed E-state index contributed by atoms with van der Waals surface area (Å²) in [5, 5.41) is 0. The van der Waals surface area contributed by atoms with Gasteiger partial charge in [0.05, 0.1) is 0 Å². The summed E-state index contributed by atoms with van der Waals surface area (Å²) in [4.78, 5) is 0. The maximum atomic E-state index is 3.80. The third-order valence-corrected chi connectivity index (χ3v) is 5.04. The molecule has 0 saturated heterocycles. The summed E-state index contributed by atoms with van der Waals surface area (Å²) in [6, 6.07) is 9.36. The normalized spacial score (nSPS) is 31.4. The van der Waals surface area contributed by atoms with Crippen molar-refractivity contribution < 1.29 is 0 Å². The average Bonchev–Trinajstić information content (AvgIpc) is 2.42. The highest BCUT2D eigenvalue weighted by molar-refractivity contribution is 5.31. The van der Waals surface area contributed by atoms with Crippen molar-refractivity contribution in [2.45, 2.75) is 50.4 Å². The molecule has 0 nitrogen and oxygen atoms in total. The molecular weight excluding hydrogens is 204 g/mol. The van der Waals surface area contributed by atoms with E-state index >= 15 is 0 Å². The lowest BCUT2D eigenvalue weighted by Crippen LogP contribution is -2.37. The van der Waals surface area contributed by atoms with Crippen LogP contribution >= 0.6 is 0 Å². The summed E-state index contributed by atoms with van der Waals surface area (Å²) in [5.74, 6) is 1.05. The minimum atomic E-state index is 0.543. The Morgan fingerprint density at radius 3 is 2.18 bits per heavy atom. The fourth-order valence-corrected chi connectivity index (χ4v) is 3.84. The molecule has 0 aromatic heterocycles. The molecule has 0 heterocycles. The molecular formula is C17H22. The molecule has 0 radical (unpaired) electrons. The van der Waals surface area contributed by atoms with Gasteiger partial charge in [0.25, 0.3) is 0 Å². The number of benzene rings is 1. The van der Waals surface area contributed by atoms with Gasteiger partial charge in [-0.2, -0.15) is 0 Å². The Morgan fingerprint density at radius 1 is 1.06 bits per heavy atom. The molecule has 0 N–H and O–H groups in total. The zero-order valence-corrected chi connectivity index (χ0v) is 10.6. The van der Waals surface area contributed by atoms with E-state index < -0.39 is 0 Å². The van der Waals surface area contributed by atoms with Crippen LogP contribution in [-0.2, 0) is 11.8 Å². The van der Waals surface area contributed by atoms with Gasteiger partial charge in [-0.05, 0) is 67.4 Å². The number of rotatable bonds is 3. The predicted molar refractivity (Wildman–Crippen MR) is 73.2 cm³/mol. The van der Waals surface area contributed by atoms with E-state index in [9.17, 15) is 0 Å². The lowest BCUT2D eigenvalue weighted by Gasteiger charge is -2.47. The number of hydrogen-bond acceptors (Lipinski definition) is 0. The molecule has 3 aliphatic carbocycles. The van der Waals surface area contributed by atoms with Crippen molar-refractivity contribution in [2.75, 3.05) is 0 Å². The Labute approximate surface area is 105 Å². The van der Waals surface area contributed by atoms with Gasteiger partial charge in [-0.15, -0.1) is 6.58 Å². The van der Waals surface area contributed by atoms with E-state index in [1.807, 2.05) is 6.08 Å². The summed E-state index contributed by atoms with van der Waals surface area (Å²) in [6.07, 6.45) is 11.7. The zero-order valence-electron chi connectivity index (χ0n) is 10.6. The number of fused-ring (bicyclic) bond motifs is 3. The summed E-state index contributed by atoms with van der Waals surface area (Å²) in [7, 11) is 0. The van der Waals surface area contributed by atoms with Crippen LogP contribution in [0.25, 0.3) is 0 Å². The lowest BCUT2D eigenvalue weighted by molar-refractivity contribution is 0.136. The fraction of sp³-hybridized carbons (Fsp3) is 0.529. The van der Waals surface area contributed by atoms with Gasteiger partial charge in [0.1, 0.15) is 0 Å². The van der Waals surface area contributed by atoms with Crippen LogP contribution in [0.4, 0.5) is 0 Å². The smallest absolute Gasteiger partial charge is 0.00467 e. The van der Waals surface area contributed by atoms with Crippen LogP contribution < -0.4 is 0 Å². The number of allylic oxidation sites excluding steroid dienone is 1. The van der Waals surface area contributed by atoms with Gasteiger partial charge < -0.3 is 0 Å². The van der Waals surface area contributed by atoms with Gasteiger partial charge >= 0.3 is 0 Å². The first-order valence-corrected chi connectivity index (χ1v) is 7.03. The van der Waals surface area contributed by atoms with Gasteiger partial charge in [-0.3, -0.25) is 0 Å². The van der Waals surface area contributed by atoms with E-state index in [1.54, 1.807) is 5.56 Å². The molecule has 3 aliphatic rings. The van der Waals surface area contributed by atoms with Gasteiger partial charge in [-0.1, -0.05) is 30.3 Å². The van der Waals surface area contributed by atoms with Crippen LogP contribution in [0, 0.1) is 5.92 Å². The fourth-order valence-electron chi connectivity index (χ4n) is 3.84. The Balaban J connectivity index is 1.85. The van der Waals surface area contributed by atoms with Gasteiger partial charge in [0, 0.05) is 0 Å². The monoisotopic (exact) mass is 226 g/mol. The van der Waals surface area contributed by atoms with Crippen molar-refractivity contribution in [3.63, 3.8) is 0 Å². The number of hydrogen-bond donors (Lipinski definition) is 0. The molecule has 0 aliphatic heterocycles. The molecule has 0 atom stereocenters. The highest BCUT2D eigenvalue weighted by atomic mass is 14.5. The SMILES string of the molecule is C=CCc1ccc(C23CCC(CC2)CC3)cc1. The Bertz CT molecular complexity index is 377. The second-order valence-electron chi connectivity index (χ2n) is 5.95. The van der Waals surface area contributed by atoms with Crippen molar-refractivity contribution in [1.82, 2.24) is 0 Å². The van der Waals surface area contributed by atoms with Gasteiger partial charge in [-0.25, -0.2) is 0 Å². The molecule has 0 unspecified atom stereocenters. The van der Waals surface area contributed by atoms with Crippen molar-refractivity contribution in [3.05, 3.63) is 48.0 Å². The summed E-state index contributed by atoms with van der Waals surface area (Å²) in [6.45, 7) is 3.80.